The van der Waals surface area contributed by atoms with Crippen LogP contribution in [0.3, 0.4) is 0 Å². The Labute approximate surface area is 390 Å². The van der Waals surface area contributed by atoms with Gasteiger partial charge in [-0.1, -0.05) is 58.0 Å². The quantitative estimate of drug-likeness (QED) is 0.0924. The summed E-state index contributed by atoms with van der Waals surface area (Å²) in [5, 5.41) is 5.48. The van der Waals surface area contributed by atoms with E-state index in [2.05, 4.69) is 91.1 Å². The Morgan fingerprint density at radius 3 is 1.55 bits per heavy atom. The zero-order valence-electron chi connectivity index (χ0n) is 39.0. The summed E-state index contributed by atoms with van der Waals surface area (Å²) in [5.41, 5.74) is 8.76. The summed E-state index contributed by atoms with van der Waals surface area (Å²) in [6, 6.07) is 25.6. The Morgan fingerprint density at radius 1 is 0.627 bits per heavy atom. The number of nitrogens with zero attached hydrogens (tertiary/aromatic N) is 6. The number of methoxy groups -OCH3 is 2. The lowest BCUT2D eigenvalue weighted by molar-refractivity contribution is -0.136. The Hall–Kier alpha value is -6.97. The van der Waals surface area contributed by atoms with Crippen LogP contribution in [0.1, 0.15) is 113 Å². The van der Waals surface area contributed by atoms with Gasteiger partial charge in [-0.25, -0.2) is 19.6 Å². The van der Waals surface area contributed by atoms with E-state index in [0.29, 0.717) is 13.1 Å². The summed E-state index contributed by atoms with van der Waals surface area (Å²) < 4.78 is 9.67. The number of aromatic amines is 2. The van der Waals surface area contributed by atoms with Gasteiger partial charge in [-0.2, -0.15) is 0 Å². The van der Waals surface area contributed by atoms with Crippen molar-refractivity contribution in [2.45, 2.75) is 102 Å². The number of carbonyl (C=O) groups excluding carboxylic acids is 4. The lowest BCUT2D eigenvalue weighted by Gasteiger charge is -2.33. The molecule has 3 saturated heterocycles. The van der Waals surface area contributed by atoms with Gasteiger partial charge in [0.05, 0.1) is 66.1 Å². The van der Waals surface area contributed by atoms with Crippen molar-refractivity contribution in [3.05, 3.63) is 108 Å². The summed E-state index contributed by atoms with van der Waals surface area (Å²) in [6.45, 7) is 8.81. The van der Waals surface area contributed by atoms with Crippen molar-refractivity contribution in [2.24, 2.45) is 11.8 Å². The molecule has 16 nitrogen and oxygen atoms in total. The summed E-state index contributed by atoms with van der Waals surface area (Å²) in [6.07, 6.45) is 5.53. The molecule has 0 saturated carbocycles. The van der Waals surface area contributed by atoms with Crippen LogP contribution < -0.4 is 15.5 Å². The number of rotatable bonds is 12. The number of likely N-dealkylation sites (tertiary alicyclic amines) is 2. The summed E-state index contributed by atoms with van der Waals surface area (Å²) in [4.78, 5) is 80.3. The molecule has 3 aliphatic heterocycles. The predicted octanol–water partition coefficient (Wildman–Crippen LogP) is 8.67. The first kappa shape index (κ1) is 45.2. The first-order valence-corrected chi connectivity index (χ1v) is 23.5. The van der Waals surface area contributed by atoms with Crippen molar-refractivity contribution in [3.63, 3.8) is 0 Å². The number of H-pyrrole nitrogens is 2. The topological polar surface area (TPSA) is 191 Å². The van der Waals surface area contributed by atoms with Crippen molar-refractivity contribution in [1.82, 2.24) is 45.4 Å². The van der Waals surface area contributed by atoms with Crippen LogP contribution in [0.5, 0.6) is 0 Å². The van der Waals surface area contributed by atoms with Crippen LogP contribution in [0, 0.1) is 11.8 Å². The largest absolute Gasteiger partial charge is 0.453 e. The number of amides is 4. The number of hydrogen-bond acceptors (Lipinski definition) is 10. The molecule has 6 atom stereocenters. The number of nitrogens with one attached hydrogen (secondary N) is 4. The highest BCUT2D eigenvalue weighted by molar-refractivity contribution is 5.88. The summed E-state index contributed by atoms with van der Waals surface area (Å²) in [7, 11) is 2.60. The van der Waals surface area contributed by atoms with Crippen LogP contribution in [0.15, 0.2) is 85.1 Å². The van der Waals surface area contributed by atoms with E-state index in [1.807, 2.05) is 61.9 Å². The molecule has 3 aliphatic rings. The minimum atomic E-state index is -0.715. The van der Waals surface area contributed by atoms with Gasteiger partial charge in [-0.3, -0.25) is 14.6 Å². The third-order valence-corrected chi connectivity index (χ3v) is 13.8. The van der Waals surface area contributed by atoms with Gasteiger partial charge in [0.1, 0.15) is 23.7 Å². The number of carbonyl (C=O) groups is 4. The molecule has 4 amide bonds. The molecule has 6 heterocycles. The van der Waals surface area contributed by atoms with Gasteiger partial charge in [-0.15, -0.1) is 0 Å². The average molecular weight is 909 g/mol. The van der Waals surface area contributed by atoms with E-state index in [1.165, 1.54) is 14.2 Å². The van der Waals surface area contributed by atoms with Crippen LogP contribution in [-0.4, -0.2) is 98.1 Å². The molecule has 0 radical (unpaired) electrons. The van der Waals surface area contributed by atoms with E-state index in [4.69, 9.17) is 19.4 Å². The number of aromatic nitrogens is 5. The highest BCUT2D eigenvalue weighted by Crippen LogP contribution is 2.48. The fraction of sp³-hybridized carbons (Fsp3) is 0.431. The fourth-order valence-corrected chi connectivity index (χ4v) is 10.4. The monoisotopic (exact) mass is 908 g/mol. The van der Waals surface area contributed by atoms with E-state index in [1.54, 1.807) is 0 Å². The van der Waals surface area contributed by atoms with Gasteiger partial charge in [0.25, 0.3) is 0 Å². The third-order valence-electron chi connectivity index (χ3n) is 13.8. The van der Waals surface area contributed by atoms with Crippen molar-refractivity contribution in [2.75, 3.05) is 32.2 Å². The van der Waals surface area contributed by atoms with Gasteiger partial charge >= 0.3 is 12.2 Å². The van der Waals surface area contributed by atoms with Gasteiger partial charge in [0.15, 0.2) is 0 Å². The van der Waals surface area contributed by atoms with Crippen LogP contribution in [0.25, 0.3) is 33.3 Å². The van der Waals surface area contributed by atoms with E-state index < -0.39 is 24.3 Å². The highest BCUT2D eigenvalue weighted by Gasteiger charge is 2.40. The number of fused-ring (bicyclic) bond motifs is 2. The first-order chi connectivity index (χ1) is 32.4. The second-order valence-electron chi connectivity index (χ2n) is 18.7. The minimum absolute atomic E-state index is 0.0204. The smallest absolute Gasteiger partial charge is 0.407 e. The number of imidazole rings is 2. The highest BCUT2D eigenvalue weighted by atomic mass is 16.5. The molecule has 3 aromatic heterocycles. The van der Waals surface area contributed by atoms with Crippen LogP contribution >= 0.6 is 0 Å². The number of pyridine rings is 1. The van der Waals surface area contributed by atoms with E-state index in [0.717, 1.165) is 100 Å². The van der Waals surface area contributed by atoms with E-state index in [-0.39, 0.29) is 47.8 Å². The van der Waals surface area contributed by atoms with Gasteiger partial charge < -0.3 is 44.8 Å². The van der Waals surface area contributed by atoms with Gasteiger partial charge in [0, 0.05) is 30.5 Å². The van der Waals surface area contributed by atoms with Crippen molar-refractivity contribution >= 4 is 51.8 Å². The maximum atomic E-state index is 13.9. The van der Waals surface area contributed by atoms with Gasteiger partial charge in [0.2, 0.25) is 11.8 Å². The van der Waals surface area contributed by atoms with Crippen LogP contribution in [0.4, 0.5) is 15.3 Å². The Bertz CT molecular complexity index is 2610. The number of alkyl carbamates (subject to hydrolysis) is 2. The fourth-order valence-electron chi connectivity index (χ4n) is 10.4. The minimum Gasteiger partial charge on any atom is -0.453 e. The zero-order valence-corrected chi connectivity index (χ0v) is 39.0. The normalized spacial score (nSPS) is 20.5. The molecule has 3 aromatic carbocycles. The molecule has 0 bridgehead atoms. The standard InChI is InChI=1S/C51H60N10O6/c1-29(2)44(57-50(64)66-5)48(62)59-25-9-12-42(59)46-53-36-20-16-32(27-38(36)55-46)40-22-23-41(61(40)34-18-14-31(15-19-34)35-11-7-8-24-52-35)33-17-21-37-39(28-33)56-47(54-37)43-13-10-26-60(43)49(63)45(30(3)4)58-51(65)67-6/h7-8,11,14-21,24,27-30,40-45H,9-10,12-13,22-23,25-26H2,1-6H3,(H,53,55)(H,54,56)(H,57,64)(H,58,65)/t40-,41-,42+,43?,44+,45+/m1/s1. The number of hydrogen-bond donors (Lipinski definition) is 4. The number of ether oxygens (including phenoxy) is 2. The molecular formula is C51H60N10O6. The second kappa shape index (κ2) is 19.1. The lowest BCUT2D eigenvalue weighted by atomic mass is 10.0. The molecule has 6 aromatic rings. The molecule has 16 heteroatoms. The SMILES string of the molecule is COC(=O)N[C@H](C(=O)N1CCCC1c1nc2cc([C@H]3CC[C@H](c4ccc5[nH]c([C@@H]6CCCN6C(=O)[C@@H](NC(=O)OC)C(C)C)nc5c4)N3c3ccc(-c4ccccn4)cc3)ccc2[nH]1)C(C)C. The van der Waals surface area contributed by atoms with Crippen molar-refractivity contribution in [1.29, 1.82) is 0 Å². The first-order valence-electron chi connectivity index (χ1n) is 23.5. The molecule has 350 valence electrons. The maximum Gasteiger partial charge on any atom is 0.407 e. The Balaban J connectivity index is 1.02. The molecule has 9 rings (SSSR count). The zero-order chi connectivity index (χ0) is 46.9. The Kier molecular flexibility index (Phi) is 12.9. The van der Waals surface area contributed by atoms with E-state index >= 15 is 0 Å². The van der Waals surface area contributed by atoms with E-state index in [9.17, 15) is 19.2 Å². The number of benzene rings is 3. The lowest BCUT2D eigenvalue weighted by Crippen LogP contribution is -2.51. The van der Waals surface area contributed by atoms with Crippen molar-refractivity contribution < 1.29 is 28.7 Å². The van der Waals surface area contributed by atoms with Gasteiger partial charge in [-0.05, 0) is 110 Å². The Morgan fingerprint density at radius 2 is 1.12 bits per heavy atom. The molecule has 3 fully saturated rings. The molecule has 0 spiro atoms. The predicted molar refractivity (Wildman–Crippen MR) is 255 cm³/mol. The maximum absolute atomic E-state index is 13.9. The van der Waals surface area contributed by atoms with Crippen LogP contribution in [-0.2, 0) is 19.1 Å². The molecule has 67 heavy (non-hydrogen) atoms. The average Bonchev–Trinajstić information content (AvgIpc) is 4.20. The molecular weight excluding hydrogens is 849 g/mol. The number of anilines is 1. The molecule has 4 N–H and O–H groups in total. The molecule has 1 unspecified atom stereocenters. The van der Waals surface area contributed by atoms with Crippen molar-refractivity contribution in [3.8, 4) is 11.3 Å². The molecule has 0 aliphatic carbocycles. The van der Waals surface area contributed by atoms with Crippen LogP contribution in [0.2, 0.25) is 0 Å². The summed E-state index contributed by atoms with van der Waals surface area (Å²) >= 11 is 0. The summed E-state index contributed by atoms with van der Waals surface area (Å²) in [5.74, 6) is 0.927. The second-order valence-corrected chi connectivity index (χ2v) is 18.7. The third kappa shape index (κ3) is 9.00.